The minimum Gasteiger partial charge on any atom is -0.300 e. The molecule has 0 radical (unpaired) electrons. The predicted octanol–water partition coefficient (Wildman–Crippen LogP) is 2.65. The van der Waals surface area contributed by atoms with Crippen molar-refractivity contribution >= 4 is 5.78 Å². The molecule has 0 heterocycles. The first-order chi connectivity index (χ1) is 5.39. The molecular weight excluding hydrogens is 162 g/mol. The quantitative estimate of drug-likeness (QED) is 0.646. The van der Waals surface area contributed by atoms with E-state index in [1.807, 2.05) is 0 Å². The maximum absolute atomic E-state index is 12.6. The molecule has 1 nitrogen and oxygen atoms in total. The third kappa shape index (κ3) is 2.26. The average molecular weight is 176 g/mol. The van der Waals surface area contributed by atoms with Crippen LogP contribution in [-0.4, -0.2) is 11.7 Å². The van der Waals surface area contributed by atoms with Crippen molar-refractivity contribution in [1.29, 1.82) is 0 Å². The third-order valence-corrected chi connectivity index (χ3v) is 2.53. The molecule has 0 aromatic rings. The van der Waals surface area contributed by atoms with Crippen molar-refractivity contribution in [3.8, 4) is 0 Å². The van der Waals surface area contributed by atoms with E-state index < -0.39 is 11.8 Å². The molecule has 12 heavy (non-hydrogen) atoms. The number of carbonyl (C=O) groups excluding carboxylic acids is 1. The summed E-state index contributed by atoms with van der Waals surface area (Å²) in [6, 6.07) is 0. The molecular formula is C9H14F2O. The van der Waals surface area contributed by atoms with E-state index in [2.05, 4.69) is 0 Å². The number of carbonyl (C=O) groups is 1. The lowest BCUT2D eigenvalue weighted by Crippen LogP contribution is -2.37. The number of rotatable bonds is 3. The molecule has 0 atom stereocenters. The molecule has 0 aromatic heterocycles. The summed E-state index contributed by atoms with van der Waals surface area (Å²) >= 11 is 0. The van der Waals surface area contributed by atoms with Crippen LogP contribution in [0.1, 0.15) is 33.1 Å². The maximum Gasteiger partial charge on any atom is 0.248 e. The first-order valence-electron chi connectivity index (χ1n) is 4.27. The molecule has 0 bridgehead atoms. The molecule has 1 rings (SSSR count). The number of hydrogen-bond acceptors (Lipinski definition) is 1. The molecule has 0 saturated heterocycles. The van der Waals surface area contributed by atoms with Gasteiger partial charge in [0, 0.05) is 12.3 Å². The van der Waals surface area contributed by atoms with Gasteiger partial charge in [-0.15, -0.1) is 0 Å². The van der Waals surface area contributed by atoms with Crippen LogP contribution < -0.4 is 0 Å². The van der Waals surface area contributed by atoms with Crippen molar-refractivity contribution in [3.63, 3.8) is 0 Å². The Kier molecular flexibility index (Phi) is 2.49. The van der Waals surface area contributed by atoms with Gasteiger partial charge in [-0.05, 0) is 32.6 Å². The fraction of sp³-hybridized carbons (Fsp3) is 0.889. The lowest BCUT2D eigenvalue weighted by atomic mass is 9.70. The Bertz CT molecular complexity index is 177. The van der Waals surface area contributed by atoms with Crippen LogP contribution in [0.5, 0.6) is 0 Å². The second-order valence-corrected chi connectivity index (χ2v) is 3.90. The summed E-state index contributed by atoms with van der Waals surface area (Å²) in [4.78, 5) is 10.6. The summed E-state index contributed by atoms with van der Waals surface area (Å²) in [5.41, 5.74) is 0. The van der Waals surface area contributed by atoms with Crippen LogP contribution >= 0.6 is 0 Å². The van der Waals surface area contributed by atoms with E-state index in [4.69, 9.17) is 0 Å². The number of halogens is 2. The molecule has 0 aromatic carbocycles. The smallest absolute Gasteiger partial charge is 0.248 e. The van der Waals surface area contributed by atoms with Gasteiger partial charge in [0.25, 0.3) is 0 Å². The van der Waals surface area contributed by atoms with Gasteiger partial charge in [0.1, 0.15) is 5.78 Å². The summed E-state index contributed by atoms with van der Waals surface area (Å²) < 4.78 is 25.2. The van der Waals surface area contributed by atoms with Gasteiger partial charge in [-0.25, -0.2) is 8.78 Å². The van der Waals surface area contributed by atoms with Crippen LogP contribution in [-0.2, 0) is 4.79 Å². The van der Waals surface area contributed by atoms with Crippen LogP contribution in [0.15, 0.2) is 0 Å². The van der Waals surface area contributed by atoms with Crippen molar-refractivity contribution in [2.24, 2.45) is 11.8 Å². The number of ketones is 1. The molecule has 1 aliphatic carbocycles. The standard InChI is InChI=1S/C9H14F2O/c1-6(12)3-7-4-8(5-7)9(2,10)11/h7-8H,3-5H2,1-2H3. The Morgan fingerprint density at radius 3 is 2.33 bits per heavy atom. The van der Waals surface area contributed by atoms with Crippen LogP contribution in [0, 0.1) is 11.8 Å². The molecule has 1 aliphatic rings. The van der Waals surface area contributed by atoms with Gasteiger partial charge >= 0.3 is 0 Å². The van der Waals surface area contributed by atoms with E-state index in [1.54, 1.807) is 0 Å². The summed E-state index contributed by atoms with van der Waals surface area (Å²) in [7, 11) is 0. The van der Waals surface area contributed by atoms with E-state index in [-0.39, 0.29) is 11.7 Å². The monoisotopic (exact) mass is 176 g/mol. The van der Waals surface area contributed by atoms with E-state index in [9.17, 15) is 13.6 Å². The Morgan fingerprint density at radius 1 is 1.50 bits per heavy atom. The van der Waals surface area contributed by atoms with E-state index in [0.717, 1.165) is 6.92 Å². The van der Waals surface area contributed by atoms with Crippen LogP contribution in [0.2, 0.25) is 0 Å². The summed E-state index contributed by atoms with van der Waals surface area (Å²) in [6.07, 6.45) is 1.51. The van der Waals surface area contributed by atoms with Gasteiger partial charge in [0.2, 0.25) is 5.92 Å². The van der Waals surface area contributed by atoms with Crippen molar-refractivity contribution in [3.05, 3.63) is 0 Å². The zero-order chi connectivity index (χ0) is 9.35. The minimum absolute atomic E-state index is 0.109. The van der Waals surface area contributed by atoms with Crippen molar-refractivity contribution in [2.75, 3.05) is 0 Å². The minimum atomic E-state index is -2.55. The molecule has 1 saturated carbocycles. The molecule has 0 amide bonds. The van der Waals surface area contributed by atoms with E-state index in [0.29, 0.717) is 19.3 Å². The van der Waals surface area contributed by atoms with E-state index >= 15 is 0 Å². The lowest BCUT2D eigenvalue weighted by Gasteiger charge is -2.38. The molecule has 1 fully saturated rings. The number of hydrogen-bond donors (Lipinski definition) is 0. The molecule has 70 valence electrons. The van der Waals surface area contributed by atoms with Crippen molar-refractivity contribution in [1.82, 2.24) is 0 Å². The van der Waals surface area contributed by atoms with E-state index in [1.165, 1.54) is 6.92 Å². The summed E-state index contributed by atoms with van der Waals surface area (Å²) in [6.45, 7) is 2.47. The second kappa shape index (κ2) is 3.11. The Labute approximate surface area is 71.1 Å². The zero-order valence-corrected chi connectivity index (χ0v) is 7.44. The zero-order valence-electron chi connectivity index (χ0n) is 7.44. The SMILES string of the molecule is CC(=O)CC1CC(C(C)(F)F)C1. The van der Waals surface area contributed by atoms with Crippen LogP contribution in [0.3, 0.4) is 0 Å². The molecule has 0 aliphatic heterocycles. The normalized spacial score (nSPS) is 29.7. The topological polar surface area (TPSA) is 17.1 Å². The highest BCUT2D eigenvalue weighted by Crippen LogP contribution is 2.44. The second-order valence-electron chi connectivity index (χ2n) is 3.90. The molecule has 0 spiro atoms. The van der Waals surface area contributed by atoms with Crippen molar-refractivity contribution < 1.29 is 13.6 Å². The molecule has 3 heteroatoms. The molecule has 0 N–H and O–H groups in total. The largest absolute Gasteiger partial charge is 0.300 e. The first kappa shape index (κ1) is 9.62. The summed E-state index contributed by atoms with van der Waals surface area (Å²) in [5.74, 6) is -2.70. The molecule has 0 unspecified atom stereocenters. The van der Waals surface area contributed by atoms with Gasteiger partial charge in [-0.1, -0.05) is 0 Å². The van der Waals surface area contributed by atoms with Crippen LogP contribution in [0.4, 0.5) is 8.78 Å². The van der Waals surface area contributed by atoms with Gasteiger partial charge < -0.3 is 4.79 Å². The summed E-state index contributed by atoms with van der Waals surface area (Å²) in [5, 5.41) is 0. The maximum atomic E-state index is 12.6. The van der Waals surface area contributed by atoms with Gasteiger partial charge in [-0.3, -0.25) is 0 Å². The van der Waals surface area contributed by atoms with Gasteiger partial charge in [0.05, 0.1) is 0 Å². The highest BCUT2D eigenvalue weighted by atomic mass is 19.3. The number of Topliss-reactive ketones (excluding diaryl/α,β-unsaturated/α-hetero) is 1. The van der Waals surface area contributed by atoms with Gasteiger partial charge in [-0.2, -0.15) is 0 Å². The third-order valence-electron chi connectivity index (χ3n) is 2.53. The number of alkyl halides is 2. The Morgan fingerprint density at radius 2 is 2.00 bits per heavy atom. The van der Waals surface area contributed by atoms with Crippen molar-refractivity contribution in [2.45, 2.75) is 39.0 Å². The van der Waals surface area contributed by atoms with Crippen LogP contribution in [0.25, 0.3) is 0 Å². The fourth-order valence-electron chi connectivity index (χ4n) is 1.72. The average Bonchev–Trinajstić information content (AvgIpc) is 1.73. The lowest BCUT2D eigenvalue weighted by molar-refractivity contribution is -0.123. The highest BCUT2D eigenvalue weighted by Gasteiger charge is 2.43. The Hall–Kier alpha value is -0.470. The first-order valence-corrected chi connectivity index (χ1v) is 4.27. The Balaban J connectivity index is 2.25. The predicted molar refractivity (Wildman–Crippen MR) is 42.1 cm³/mol. The fourth-order valence-corrected chi connectivity index (χ4v) is 1.72. The highest BCUT2D eigenvalue weighted by molar-refractivity contribution is 5.75. The van der Waals surface area contributed by atoms with Gasteiger partial charge in [0.15, 0.2) is 0 Å².